The number of halogens is 3. The molecule has 162 valence electrons. The standard InChI is InChI=1S/C21H22Cl2N2O4.ClH/c1-28-21(27)18(25-20(26)19-16(22)3-2-4-17(19)23)11-13-5-7-14(8-6-13)29-15-9-10-24-12-15;/h2-8,15,18,24H,9-12H2,1H3,(H,25,26);1H/t15-,18+;/m1./s1. The molecule has 1 amide bonds. The minimum Gasteiger partial charge on any atom is -0.489 e. The molecule has 0 bridgehead atoms. The van der Waals surface area contributed by atoms with E-state index in [9.17, 15) is 9.59 Å². The van der Waals surface area contributed by atoms with Crippen molar-refractivity contribution in [3.8, 4) is 5.75 Å². The van der Waals surface area contributed by atoms with Gasteiger partial charge < -0.3 is 20.1 Å². The van der Waals surface area contributed by atoms with E-state index in [-0.39, 0.29) is 40.5 Å². The molecule has 9 heteroatoms. The average molecular weight is 474 g/mol. The summed E-state index contributed by atoms with van der Waals surface area (Å²) in [5.41, 5.74) is 0.974. The second-order valence-electron chi connectivity index (χ2n) is 6.73. The number of nitrogens with one attached hydrogen (secondary N) is 2. The van der Waals surface area contributed by atoms with Gasteiger partial charge >= 0.3 is 5.97 Å². The van der Waals surface area contributed by atoms with E-state index in [0.717, 1.165) is 30.8 Å². The topological polar surface area (TPSA) is 76.7 Å². The van der Waals surface area contributed by atoms with E-state index in [1.54, 1.807) is 18.2 Å². The van der Waals surface area contributed by atoms with Crippen molar-refractivity contribution < 1.29 is 19.1 Å². The molecular formula is C21H23Cl3N2O4. The van der Waals surface area contributed by atoms with Gasteiger partial charge in [0.25, 0.3) is 5.91 Å². The highest BCUT2D eigenvalue weighted by Crippen LogP contribution is 2.24. The Bertz CT molecular complexity index is 851. The van der Waals surface area contributed by atoms with Crippen LogP contribution in [0.25, 0.3) is 0 Å². The lowest BCUT2D eigenvalue weighted by molar-refractivity contribution is -0.142. The number of carbonyl (C=O) groups excluding carboxylic acids is 2. The minimum absolute atomic E-state index is 0. The summed E-state index contributed by atoms with van der Waals surface area (Å²) < 4.78 is 10.7. The Morgan fingerprint density at radius 2 is 1.83 bits per heavy atom. The van der Waals surface area contributed by atoms with Gasteiger partial charge in [-0.25, -0.2) is 4.79 Å². The van der Waals surface area contributed by atoms with Crippen LogP contribution < -0.4 is 15.4 Å². The quantitative estimate of drug-likeness (QED) is 0.600. The summed E-state index contributed by atoms with van der Waals surface area (Å²) in [6.45, 7) is 1.79. The molecule has 2 aromatic rings. The number of hydrogen-bond acceptors (Lipinski definition) is 5. The Morgan fingerprint density at radius 1 is 1.17 bits per heavy atom. The highest BCUT2D eigenvalue weighted by atomic mass is 35.5. The zero-order valence-corrected chi connectivity index (χ0v) is 18.7. The first-order chi connectivity index (χ1) is 14.0. The van der Waals surface area contributed by atoms with Crippen LogP contribution in [0.3, 0.4) is 0 Å². The summed E-state index contributed by atoms with van der Waals surface area (Å²) in [5.74, 6) is -0.326. The number of benzene rings is 2. The number of carbonyl (C=O) groups is 2. The third-order valence-electron chi connectivity index (χ3n) is 4.66. The SMILES string of the molecule is COC(=O)[C@H](Cc1ccc(O[C@@H]2CCNC2)cc1)NC(=O)c1c(Cl)cccc1Cl.Cl. The first-order valence-electron chi connectivity index (χ1n) is 9.27. The van der Waals surface area contributed by atoms with Crippen molar-refractivity contribution in [2.75, 3.05) is 20.2 Å². The van der Waals surface area contributed by atoms with Crippen LogP contribution >= 0.6 is 35.6 Å². The largest absolute Gasteiger partial charge is 0.489 e. The molecule has 1 heterocycles. The summed E-state index contributed by atoms with van der Waals surface area (Å²) in [5, 5.41) is 6.34. The van der Waals surface area contributed by atoms with Gasteiger partial charge in [0.2, 0.25) is 0 Å². The fraction of sp³-hybridized carbons (Fsp3) is 0.333. The number of amides is 1. The lowest BCUT2D eigenvalue weighted by atomic mass is 10.0. The van der Waals surface area contributed by atoms with Crippen molar-refractivity contribution in [3.63, 3.8) is 0 Å². The maximum atomic E-state index is 12.6. The van der Waals surface area contributed by atoms with Crippen LogP contribution in [0.4, 0.5) is 0 Å². The molecule has 0 aliphatic carbocycles. The van der Waals surface area contributed by atoms with Gasteiger partial charge in [0.05, 0.1) is 22.7 Å². The molecule has 2 aromatic carbocycles. The number of ether oxygens (including phenoxy) is 2. The van der Waals surface area contributed by atoms with Crippen molar-refractivity contribution in [1.82, 2.24) is 10.6 Å². The molecule has 1 aliphatic heterocycles. The number of methoxy groups -OCH3 is 1. The van der Waals surface area contributed by atoms with Crippen LogP contribution in [0.2, 0.25) is 10.0 Å². The molecule has 1 aliphatic rings. The van der Waals surface area contributed by atoms with E-state index >= 15 is 0 Å². The van der Waals surface area contributed by atoms with Crippen molar-refractivity contribution in [2.45, 2.75) is 25.0 Å². The summed E-state index contributed by atoms with van der Waals surface area (Å²) in [7, 11) is 1.27. The van der Waals surface area contributed by atoms with Gasteiger partial charge in [-0.2, -0.15) is 0 Å². The molecule has 2 atom stereocenters. The molecule has 0 spiro atoms. The lowest BCUT2D eigenvalue weighted by Gasteiger charge is -2.18. The third kappa shape index (κ3) is 6.25. The molecule has 6 nitrogen and oxygen atoms in total. The second kappa shape index (κ2) is 11.4. The Morgan fingerprint density at radius 3 is 2.40 bits per heavy atom. The molecule has 0 saturated carbocycles. The summed E-state index contributed by atoms with van der Waals surface area (Å²) >= 11 is 12.2. The Labute approximate surface area is 191 Å². The minimum atomic E-state index is -0.884. The molecule has 1 fully saturated rings. The van der Waals surface area contributed by atoms with Crippen molar-refractivity contribution >= 4 is 47.5 Å². The number of rotatable bonds is 7. The van der Waals surface area contributed by atoms with Crippen LogP contribution in [0.5, 0.6) is 5.75 Å². The molecule has 0 radical (unpaired) electrons. The predicted molar refractivity (Wildman–Crippen MR) is 119 cm³/mol. The molecule has 1 saturated heterocycles. The Balaban J connectivity index is 0.00000320. The molecule has 2 N–H and O–H groups in total. The van der Waals surface area contributed by atoms with E-state index in [0.29, 0.717) is 0 Å². The van der Waals surface area contributed by atoms with Crippen molar-refractivity contribution in [1.29, 1.82) is 0 Å². The Kier molecular flexibility index (Phi) is 9.24. The van der Waals surface area contributed by atoms with Gasteiger partial charge in [-0.1, -0.05) is 41.4 Å². The van der Waals surface area contributed by atoms with E-state index in [1.165, 1.54) is 7.11 Å². The van der Waals surface area contributed by atoms with Crippen LogP contribution in [-0.2, 0) is 16.0 Å². The van der Waals surface area contributed by atoms with E-state index < -0.39 is 17.9 Å². The second-order valence-corrected chi connectivity index (χ2v) is 7.54. The maximum Gasteiger partial charge on any atom is 0.328 e. The number of esters is 1. The van der Waals surface area contributed by atoms with E-state index in [2.05, 4.69) is 10.6 Å². The van der Waals surface area contributed by atoms with Gasteiger partial charge in [-0.15, -0.1) is 12.4 Å². The van der Waals surface area contributed by atoms with Crippen LogP contribution in [0, 0.1) is 0 Å². The third-order valence-corrected chi connectivity index (χ3v) is 5.29. The summed E-state index contributed by atoms with van der Waals surface area (Å²) in [6.07, 6.45) is 1.40. The van der Waals surface area contributed by atoms with Crippen molar-refractivity contribution in [2.24, 2.45) is 0 Å². The monoisotopic (exact) mass is 472 g/mol. The van der Waals surface area contributed by atoms with Gasteiger partial charge in [0.1, 0.15) is 17.9 Å². The van der Waals surface area contributed by atoms with Crippen molar-refractivity contribution in [3.05, 3.63) is 63.6 Å². The molecule has 0 aromatic heterocycles. The molecule has 30 heavy (non-hydrogen) atoms. The highest BCUT2D eigenvalue weighted by Gasteiger charge is 2.25. The molecular weight excluding hydrogens is 451 g/mol. The summed E-state index contributed by atoms with van der Waals surface area (Å²) in [6, 6.07) is 11.3. The summed E-state index contributed by atoms with van der Waals surface area (Å²) in [4.78, 5) is 24.9. The smallest absolute Gasteiger partial charge is 0.328 e. The van der Waals surface area contributed by atoms with Crippen LogP contribution in [-0.4, -0.2) is 44.2 Å². The van der Waals surface area contributed by atoms with Crippen LogP contribution in [0.15, 0.2) is 42.5 Å². The Hall–Kier alpha value is -1.99. The van der Waals surface area contributed by atoms with E-state index in [1.807, 2.05) is 24.3 Å². The maximum absolute atomic E-state index is 12.6. The first-order valence-corrected chi connectivity index (χ1v) is 10.0. The highest BCUT2D eigenvalue weighted by molar-refractivity contribution is 6.39. The average Bonchev–Trinajstić information content (AvgIpc) is 3.21. The van der Waals surface area contributed by atoms with E-state index in [4.69, 9.17) is 32.7 Å². The fourth-order valence-corrected chi connectivity index (χ4v) is 3.71. The van der Waals surface area contributed by atoms with Crippen LogP contribution in [0.1, 0.15) is 22.3 Å². The molecule has 0 unspecified atom stereocenters. The van der Waals surface area contributed by atoms with Gasteiger partial charge in [-0.3, -0.25) is 4.79 Å². The predicted octanol–water partition coefficient (Wildman–Crippen LogP) is 3.67. The van der Waals surface area contributed by atoms with Gasteiger partial charge in [-0.05, 0) is 42.8 Å². The van der Waals surface area contributed by atoms with Gasteiger partial charge in [0, 0.05) is 13.0 Å². The lowest BCUT2D eigenvalue weighted by Crippen LogP contribution is -2.43. The fourth-order valence-electron chi connectivity index (χ4n) is 3.14. The number of hydrogen-bond donors (Lipinski definition) is 2. The zero-order chi connectivity index (χ0) is 20.8. The normalized spacial score (nSPS) is 16.3. The molecule has 3 rings (SSSR count). The first kappa shape index (κ1) is 24.3. The zero-order valence-electron chi connectivity index (χ0n) is 16.3. The van der Waals surface area contributed by atoms with Gasteiger partial charge in [0.15, 0.2) is 0 Å².